The molecule has 5 heteroatoms. The number of hydrogen-bond donors (Lipinski definition) is 2. The van der Waals surface area contributed by atoms with Crippen LogP contribution in [0.1, 0.15) is 115 Å². The van der Waals surface area contributed by atoms with E-state index >= 15 is 0 Å². The Morgan fingerprint density at radius 2 is 1.34 bits per heavy atom. The van der Waals surface area contributed by atoms with Gasteiger partial charge in [-0.05, 0) is 111 Å². The van der Waals surface area contributed by atoms with Crippen LogP contribution in [0.25, 0.3) is 0 Å². The first kappa shape index (κ1) is 32.4. The van der Waals surface area contributed by atoms with Crippen molar-refractivity contribution in [3.05, 3.63) is 59.7 Å². The molecule has 4 aliphatic carbocycles. The van der Waals surface area contributed by atoms with Crippen LogP contribution in [0.2, 0.25) is 0 Å². The van der Waals surface area contributed by atoms with Gasteiger partial charge in [-0.3, -0.25) is 0 Å². The second kappa shape index (κ2) is 13.6. The van der Waals surface area contributed by atoms with E-state index in [4.69, 9.17) is 0 Å². The Morgan fingerprint density at radius 3 is 1.76 bits per heavy atom. The monoisotopic (exact) mass is 634 g/mol. The molecule has 0 radical (unpaired) electrons. The normalized spacial score (nSPS) is 35.4. The summed E-state index contributed by atoms with van der Waals surface area (Å²) in [5.41, 5.74) is 4.76. The number of rotatable bonds is 6. The van der Waals surface area contributed by atoms with Gasteiger partial charge in [-0.1, -0.05) is 33.6 Å². The van der Waals surface area contributed by atoms with Crippen LogP contribution >= 0.6 is 17.8 Å². The second-order valence-corrected chi connectivity index (χ2v) is 18.7. The maximum atomic E-state index is 4.04. The largest absolute Gasteiger partial charge is 0.748 e. The van der Waals surface area contributed by atoms with Gasteiger partial charge < -0.3 is 41.0 Å². The first-order valence-corrected chi connectivity index (χ1v) is 18.4. The van der Waals surface area contributed by atoms with Gasteiger partial charge in [0.05, 0.1) is 0 Å². The van der Waals surface area contributed by atoms with Crippen molar-refractivity contribution in [3.63, 3.8) is 0 Å². The summed E-state index contributed by atoms with van der Waals surface area (Å²) in [4.78, 5) is 0. The second-order valence-electron chi connectivity index (χ2n) is 15.4. The molecule has 0 spiro atoms. The third kappa shape index (κ3) is 6.97. The molecule has 2 nitrogen and oxygen atoms in total. The smallest absolute Gasteiger partial charge is 0.0193 e. The molecule has 0 amide bonds. The van der Waals surface area contributed by atoms with Crippen LogP contribution < -0.4 is 10.6 Å². The zero-order chi connectivity index (χ0) is 27.8. The van der Waals surface area contributed by atoms with E-state index in [0.717, 1.165) is 32.0 Å². The van der Waals surface area contributed by atoms with Crippen LogP contribution in [0.4, 0.5) is 0 Å². The summed E-state index contributed by atoms with van der Waals surface area (Å²) in [7, 11) is 4.53. The van der Waals surface area contributed by atoms with Crippen LogP contribution in [0.15, 0.2) is 48.5 Å². The molecule has 5 atom stereocenters. The molecule has 5 unspecified atom stereocenters. The van der Waals surface area contributed by atoms with Gasteiger partial charge in [0.1, 0.15) is 0 Å². The van der Waals surface area contributed by atoms with E-state index in [1.54, 1.807) is 30.4 Å². The summed E-state index contributed by atoms with van der Waals surface area (Å²) in [6.07, 6.45) is 17.2. The summed E-state index contributed by atoms with van der Waals surface area (Å²) in [6, 6.07) is 18.7. The fourth-order valence-corrected chi connectivity index (χ4v) is 12.8. The Bertz CT molecular complexity index is 987. The van der Waals surface area contributed by atoms with Crippen molar-refractivity contribution >= 4 is 17.8 Å². The van der Waals surface area contributed by atoms with Gasteiger partial charge in [0.2, 0.25) is 0 Å². The molecule has 2 heterocycles. The molecule has 6 aliphatic rings. The summed E-state index contributed by atoms with van der Waals surface area (Å²) >= 11 is 0. The minimum Gasteiger partial charge on any atom is -0.748 e. The van der Waals surface area contributed by atoms with Crippen LogP contribution in [0.5, 0.6) is 0 Å². The van der Waals surface area contributed by atoms with Crippen LogP contribution in [0, 0.1) is 23.2 Å². The zero-order valence-electron chi connectivity index (χ0n) is 25.9. The molecule has 2 saturated heterocycles. The SMILES string of the molecule is CC(C)(C)PC([c-]1cccc1C(P)(C1CCCCN1)C1CCCCN1)C12CC3CC(CC(C3)C1)C2.[Fe].[cH-]1[cH-][cH-][cH-][cH-]1. The van der Waals surface area contributed by atoms with E-state index < -0.39 is 0 Å². The zero-order valence-corrected chi connectivity index (χ0v) is 29.2. The molecule has 2 aliphatic heterocycles. The van der Waals surface area contributed by atoms with Gasteiger partial charge >= 0.3 is 0 Å². The molecule has 0 aromatic heterocycles. The van der Waals surface area contributed by atoms with Crippen molar-refractivity contribution in [3.8, 4) is 0 Å². The van der Waals surface area contributed by atoms with E-state index in [-0.39, 0.29) is 22.2 Å². The van der Waals surface area contributed by atoms with Crippen molar-refractivity contribution in [1.29, 1.82) is 0 Å². The van der Waals surface area contributed by atoms with Gasteiger partial charge in [-0.2, -0.15) is 11.6 Å². The standard InChI is InChI=1S/C31H51N2P2.C5H5.Fe/c1-29(2,3)35-28(30-18-21-15-22(19-30)17-23(16-21)20-30)24-9-8-10-25(24)31(34,26-11-4-6-13-32-26)27-12-5-7-14-33-27;1-2-4-5-3-1;/h8-10,21-23,26-28,32-33,35H,4-7,11-20,34H2,1-3H3;1-5H;/q-1;-5;. The van der Waals surface area contributed by atoms with E-state index in [1.807, 2.05) is 30.3 Å². The number of hydrogen-bond acceptors (Lipinski definition) is 2. The van der Waals surface area contributed by atoms with Crippen molar-refractivity contribution in [2.75, 3.05) is 13.1 Å². The van der Waals surface area contributed by atoms with Crippen molar-refractivity contribution in [1.82, 2.24) is 10.6 Å². The molecule has 2 aromatic carbocycles. The minimum absolute atomic E-state index is 0. The Balaban J connectivity index is 0.000000510. The van der Waals surface area contributed by atoms with Crippen LogP contribution in [-0.2, 0) is 22.2 Å². The quantitative estimate of drug-likeness (QED) is 0.189. The number of nitrogens with one attached hydrogen (secondary N) is 2. The van der Waals surface area contributed by atoms with E-state index in [1.165, 1.54) is 70.9 Å². The molecule has 234 valence electrons. The number of piperidine rings is 2. The third-order valence-corrected chi connectivity index (χ3v) is 14.4. The first-order valence-electron chi connectivity index (χ1n) is 16.7. The maximum Gasteiger partial charge on any atom is 0.0193 e. The molecule has 8 rings (SSSR count). The predicted molar refractivity (Wildman–Crippen MR) is 178 cm³/mol. The van der Waals surface area contributed by atoms with Crippen LogP contribution in [-0.4, -0.2) is 30.3 Å². The fourth-order valence-electron chi connectivity index (χ4n) is 10.1. The Hall–Kier alpha value is -0.000519. The Morgan fingerprint density at radius 1 is 0.854 bits per heavy atom. The summed E-state index contributed by atoms with van der Waals surface area (Å²) in [5, 5.41) is 8.56. The molecular weight excluding hydrogens is 578 g/mol. The summed E-state index contributed by atoms with van der Waals surface area (Å²) < 4.78 is 0. The van der Waals surface area contributed by atoms with Crippen molar-refractivity contribution < 1.29 is 17.1 Å². The van der Waals surface area contributed by atoms with E-state index in [9.17, 15) is 0 Å². The van der Waals surface area contributed by atoms with Gasteiger partial charge in [0, 0.05) is 34.3 Å². The Labute approximate surface area is 266 Å². The predicted octanol–water partition coefficient (Wildman–Crippen LogP) is 8.90. The van der Waals surface area contributed by atoms with Gasteiger partial charge in [-0.25, -0.2) is 12.1 Å². The van der Waals surface area contributed by atoms with E-state index in [2.05, 4.69) is 58.8 Å². The molecule has 2 N–H and O–H groups in total. The fraction of sp³-hybridized carbons (Fsp3) is 0.722. The average Bonchev–Trinajstić information content (AvgIpc) is 3.67. The first-order chi connectivity index (χ1) is 19.3. The summed E-state index contributed by atoms with van der Waals surface area (Å²) in [5.74, 6) is 3.06. The molecule has 6 fully saturated rings. The third-order valence-electron chi connectivity index (χ3n) is 11.2. The topological polar surface area (TPSA) is 24.1 Å². The Kier molecular flexibility index (Phi) is 10.7. The van der Waals surface area contributed by atoms with Gasteiger partial charge in [0.25, 0.3) is 0 Å². The molecular formula is C36H56FeN2P2-6. The van der Waals surface area contributed by atoms with Gasteiger partial charge in [-0.15, -0.1) is 23.4 Å². The summed E-state index contributed by atoms with van der Waals surface area (Å²) in [6.45, 7) is 9.92. The van der Waals surface area contributed by atoms with Crippen LogP contribution in [0.3, 0.4) is 0 Å². The van der Waals surface area contributed by atoms with E-state index in [0.29, 0.717) is 22.7 Å². The average molecular weight is 635 g/mol. The van der Waals surface area contributed by atoms with Gasteiger partial charge in [0.15, 0.2) is 0 Å². The molecule has 41 heavy (non-hydrogen) atoms. The molecule has 2 aromatic rings. The van der Waals surface area contributed by atoms with Crippen molar-refractivity contribution in [2.24, 2.45) is 23.2 Å². The van der Waals surface area contributed by atoms with Crippen molar-refractivity contribution in [2.45, 2.75) is 126 Å². The molecule has 4 bridgehead atoms. The minimum atomic E-state index is 0. The maximum absolute atomic E-state index is 4.04. The molecule has 4 saturated carbocycles.